The molecule has 1 aliphatic rings. The molecule has 0 bridgehead atoms. The van der Waals surface area contributed by atoms with Gasteiger partial charge in [-0.15, -0.1) is 0 Å². The van der Waals surface area contributed by atoms with Crippen LogP contribution in [0.2, 0.25) is 6.82 Å². The molecule has 2 rings (SSSR count). The van der Waals surface area contributed by atoms with Crippen LogP contribution in [-0.4, -0.2) is 31.1 Å². The molecule has 0 amide bonds. The van der Waals surface area contributed by atoms with Crippen molar-refractivity contribution in [2.75, 3.05) is 18.4 Å². The topological polar surface area (TPSA) is 84.6 Å². The molecule has 0 fully saturated rings. The maximum absolute atomic E-state index is 10.6. The summed E-state index contributed by atoms with van der Waals surface area (Å²) in [6.45, 7) is 2.22. The van der Waals surface area contributed by atoms with Gasteiger partial charge in [0.1, 0.15) is 6.54 Å². The molecule has 92 valence electrons. The fourth-order valence-corrected chi connectivity index (χ4v) is 2.21. The molecule has 5 nitrogen and oxygen atoms in total. The van der Waals surface area contributed by atoms with Gasteiger partial charge in [0.2, 0.25) is 0 Å². The van der Waals surface area contributed by atoms with E-state index < -0.39 is 5.97 Å². The Labute approximate surface area is 100 Å². The zero-order chi connectivity index (χ0) is 12.4. The molecule has 7 heteroatoms. The van der Waals surface area contributed by atoms with E-state index in [1.165, 1.54) is 0 Å². The number of aliphatic carboxylic acids is 1. The van der Waals surface area contributed by atoms with E-state index in [4.69, 9.17) is 15.5 Å². The summed E-state index contributed by atoms with van der Waals surface area (Å²) in [7, 11) is 0. The first-order chi connectivity index (χ1) is 8.13. The van der Waals surface area contributed by atoms with Gasteiger partial charge in [0.25, 0.3) is 0 Å². The average Bonchev–Trinajstić information content (AvgIpc) is 2.64. The summed E-state index contributed by atoms with van der Waals surface area (Å²) < 4.78 is 5.72. The van der Waals surface area contributed by atoms with E-state index in [0.29, 0.717) is 6.54 Å². The van der Waals surface area contributed by atoms with E-state index in [-0.39, 0.29) is 19.6 Å². The van der Waals surface area contributed by atoms with Gasteiger partial charge >= 0.3 is 12.9 Å². The minimum absolute atomic E-state index is 0. The number of benzene rings is 1. The number of hydrogen-bond acceptors (Lipinski definition) is 4. The Kier molecular flexibility index (Phi) is 3.91. The summed E-state index contributed by atoms with van der Waals surface area (Å²) in [6.07, 6.45) is -0.0911. The van der Waals surface area contributed by atoms with Gasteiger partial charge in [0.15, 0.2) is 0 Å². The molecule has 1 aromatic rings. The van der Waals surface area contributed by atoms with Crippen LogP contribution in [-0.2, 0) is 9.45 Å². The number of anilines is 1. The fraction of sp³-hybridized carbons (Fsp3) is 0.364. The predicted molar refractivity (Wildman–Crippen MR) is 66.7 cm³/mol. The van der Waals surface area contributed by atoms with Crippen LogP contribution in [0.15, 0.2) is 18.2 Å². The normalized spacial score (nSPS) is 17.0. The van der Waals surface area contributed by atoms with Crippen LogP contribution < -0.4 is 16.5 Å². The average molecular weight is 501 g/mol. The summed E-state index contributed by atoms with van der Waals surface area (Å²) in [4.78, 5) is 10.6. The minimum Gasteiger partial charge on any atom is -0.480 e. The number of carboxylic acid groups (broad SMARTS) is 1. The zero-order valence-corrected chi connectivity index (χ0v) is 16.7. The molecular formula is C11H15BN2O3Rf. The molecule has 1 atom stereocenters. The van der Waals surface area contributed by atoms with Gasteiger partial charge in [-0.05, 0) is 17.1 Å². The van der Waals surface area contributed by atoms with Gasteiger partial charge in [-0.3, -0.25) is 4.79 Å². The van der Waals surface area contributed by atoms with Crippen molar-refractivity contribution in [2.45, 2.75) is 12.9 Å². The third kappa shape index (κ3) is 2.26. The van der Waals surface area contributed by atoms with Crippen LogP contribution in [0.25, 0.3) is 0 Å². The Morgan fingerprint density at radius 2 is 2.33 bits per heavy atom. The van der Waals surface area contributed by atoms with Gasteiger partial charge in [0.05, 0.1) is 6.10 Å². The first kappa shape index (κ1) is 13.5. The van der Waals surface area contributed by atoms with E-state index in [2.05, 4.69) is 5.32 Å². The molecule has 18 heavy (non-hydrogen) atoms. The Balaban J connectivity index is 0.00000162. The van der Waals surface area contributed by atoms with E-state index in [9.17, 15) is 4.79 Å². The third-order valence-electron chi connectivity index (χ3n) is 2.91. The molecule has 0 aromatic heterocycles. The van der Waals surface area contributed by atoms with Crippen LogP contribution in [0.5, 0.6) is 0 Å². The maximum Gasteiger partial charge on any atom is 0.326 e. The minimum atomic E-state index is -0.885. The first-order valence-corrected chi connectivity index (χ1v) is 5.57. The molecule has 1 aliphatic heterocycles. The zero-order valence-electron chi connectivity index (χ0n) is 10.3. The van der Waals surface area contributed by atoms with Gasteiger partial charge in [-0.2, -0.15) is 0 Å². The van der Waals surface area contributed by atoms with E-state index in [0.717, 1.165) is 16.7 Å². The first-order valence-electron chi connectivity index (χ1n) is 5.57. The van der Waals surface area contributed by atoms with Crippen LogP contribution in [0.3, 0.4) is 0 Å². The molecular weight excluding hydrogens is 486 g/mol. The van der Waals surface area contributed by atoms with E-state index in [1.807, 2.05) is 25.0 Å². The summed E-state index contributed by atoms with van der Waals surface area (Å²) in [6, 6.07) is 5.72. The van der Waals surface area contributed by atoms with Crippen molar-refractivity contribution in [3.8, 4) is 0 Å². The number of hydrogen-bond donors (Lipinski definition) is 3. The maximum atomic E-state index is 10.6. The number of fused-ring (bicyclic) bond motifs is 1. The number of rotatable bonds is 4. The molecule has 0 spiro atoms. The van der Waals surface area contributed by atoms with Crippen LogP contribution in [0.1, 0.15) is 11.7 Å². The number of carboxylic acids is 1. The van der Waals surface area contributed by atoms with Crippen molar-refractivity contribution < 1.29 is 14.6 Å². The third-order valence-corrected chi connectivity index (χ3v) is 2.91. The van der Waals surface area contributed by atoms with Crippen molar-refractivity contribution in [1.82, 2.24) is 0 Å². The Morgan fingerprint density at radius 3 is 2.94 bits per heavy atom. The van der Waals surface area contributed by atoms with Crippen molar-refractivity contribution in [3.63, 3.8) is 0 Å². The van der Waals surface area contributed by atoms with Crippen molar-refractivity contribution in [3.05, 3.63) is 23.8 Å². The monoisotopic (exact) mass is 501 g/mol. The second-order valence-electron chi connectivity index (χ2n) is 4.06. The van der Waals surface area contributed by atoms with Crippen molar-refractivity contribution in [1.29, 1.82) is 0 Å². The van der Waals surface area contributed by atoms with Gasteiger partial charge in [-0.25, -0.2) is 0 Å². The molecule has 1 aromatic carbocycles. The Hall–Kier alpha value is -2.53. The largest absolute Gasteiger partial charge is 0.480 e. The van der Waals surface area contributed by atoms with E-state index >= 15 is 0 Å². The summed E-state index contributed by atoms with van der Waals surface area (Å²) >= 11 is 0. The van der Waals surface area contributed by atoms with Crippen molar-refractivity contribution in [2.24, 2.45) is 5.73 Å². The second-order valence-corrected chi connectivity index (χ2v) is 4.06. The summed E-state index contributed by atoms with van der Waals surface area (Å²) in [5, 5.41) is 11.6. The molecule has 0 aliphatic carbocycles. The quantitative estimate of drug-likeness (QED) is 0.508. The number of nitrogens with one attached hydrogen (secondary N) is 1. The second kappa shape index (κ2) is 5.20. The molecule has 4 N–H and O–H groups in total. The molecule has 0 saturated carbocycles. The summed E-state index contributed by atoms with van der Waals surface area (Å²) in [5.41, 5.74) is 8.53. The smallest absolute Gasteiger partial charge is 0.326 e. The van der Waals surface area contributed by atoms with Gasteiger partial charge in [-0.1, -0.05) is 19.0 Å². The number of nitrogens with two attached hydrogens (primary N) is 1. The molecule has 0 unspecified atom stereocenters. The van der Waals surface area contributed by atoms with Crippen molar-refractivity contribution >= 4 is 24.0 Å². The van der Waals surface area contributed by atoms with Crippen LogP contribution in [0, 0.1) is 0 Å². The molecule has 1 heterocycles. The predicted octanol–water partition coefficient (Wildman–Crippen LogP) is 0.0414. The van der Waals surface area contributed by atoms with Crippen LogP contribution >= 0.6 is 0 Å². The molecule has 0 radical (unpaired) electrons. The Bertz CT molecular complexity index is 444. The van der Waals surface area contributed by atoms with Gasteiger partial charge in [0, 0.05) is 12.2 Å². The van der Waals surface area contributed by atoms with Gasteiger partial charge < -0.3 is 20.8 Å². The van der Waals surface area contributed by atoms with E-state index in [1.54, 1.807) is 0 Å². The number of carbonyl (C=O) groups is 1. The molecule has 0 saturated heterocycles. The van der Waals surface area contributed by atoms with Crippen LogP contribution in [0.4, 0.5) is 5.69 Å². The summed E-state index contributed by atoms with van der Waals surface area (Å²) in [5.74, 6) is -0.885. The Morgan fingerprint density at radius 1 is 1.61 bits per heavy atom. The SMILES string of the molecule is CB1O[C@@H](CN)c2cccc(NCC(=O)O)c21.[Rf]. The fourth-order valence-electron chi connectivity index (χ4n) is 2.21. The standard InChI is InChI=1S/C11H15BN2O3.Rf/c1-12-11-7(9(5-13)17-12)3-2-4-8(11)14-6-10(15)16;/h2-4,9,14H,5-6,13H2,1H3,(H,15,16);/t9-;/m0./s1.